The zero-order valence-corrected chi connectivity index (χ0v) is 13.7. The summed E-state index contributed by atoms with van der Waals surface area (Å²) in [6, 6.07) is 0.555. The molecule has 1 unspecified atom stereocenters. The second-order valence-corrected chi connectivity index (χ2v) is 6.76. The first-order valence-electron chi connectivity index (χ1n) is 8.13. The number of carbonyl (C=O) groups excluding carboxylic acids is 1. The molecule has 1 rings (SSSR count). The summed E-state index contributed by atoms with van der Waals surface area (Å²) in [5.74, 6) is 0. The molecule has 1 aliphatic heterocycles. The van der Waals surface area contributed by atoms with E-state index in [-0.39, 0.29) is 6.09 Å². The summed E-state index contributed by atoms with van der Waals surface area (Å²) < 4.78 is 5.45. The van der Waals surface area contributed by atoms with Crippen LogP contribution in [0, 0.1) is 0 Å². The number of unbranched alkanes of at least 4 members (excludes halogenated alkanes) is 2. The largest absolute Gasteiger partial charge is 0.444 e. The Balaban J connectivity index is 2.30. The third-order valence-electron chi connectivity index (χ3n) is 3.59. The SMILES string of the molecule is CCCCCNC1CCCN(C(=O)OC(C)(C)C)CC1. The molecule has 118 valence electrons. The van der Waals surface area contributed by atoms with E-state index in [1.807, 2.05) is 25.7 Å². The number of ether oxygens (including phenoxy) is 1. The van der Waals surface area contributed by atoms with Crippen LogP contribution in [0.25, 0.3) is 0 Å². The summed E-state index contributed by atoms with van der Waals surface area (Å²) in [6.45, 7) is 10.7. The van der Waals surface area contributed by atoms with Crippen LogP contribution in [0.15, 0.2) is 0 Å². The quantitative estimate of drug-likeness (QED) is 0.785. The fourth-order valence-corrected chi connectivity index (χ4v) is 2.49. The van der Waals surface area contributed by atoms with Crippen LogP contribution in [-0.2, 0) is 4.74 Å². The molecule has 0 aromatic heterocycles. The topological polar surface area (TPSA) is 41.6 Å². The maximum absolute atomic E-state index is 12.1. The molecule has 4 heteroatoms. The smallest absolute Gasteiger partial charge is 0.410 e. The number of hydrogen-bond donors (Lipinski definition) is 1. The number of carbonyl (C=O) groups is 1. The summed E-state index contributed by atoms with van der Waals surface area (Å²) in [4.78, 5) is 13.9. The van der Waals surface area contributed by atoms with Crippen LogP contribution < -0.4 is 5.32 Å². The van der Waals surface area contributed by atoms with Crippen molar-refractivity contribution in [2.24, 2.45) is 0 Å². The van der Waals surface area contributed by atoms with E-state index in [1.165, 1.54) is 19.3 Å². The van der Waals surface area contributed by atoms with Crippen molar-refractivity contribution in [3.8, 4) is 0 Å². The third-order valence-corrected chi connectivity index (χ3v) is 3.59. The van der Waals surface area contributed by atoms with Gasteiger partial charge >= 0.3 is 6.09 Å². The van der Waals surface area contributed by atoms with Crippen LogP contribution in [0.4, 0.5) is 4.79 Å². The van der Waals surface area contributed by atoms with Crippen LogP contribution in [0.1, 0.15) is 66.2 Å². The van der Waals surface area contributed by atoms with Crippen LogP contribution in [-0.4, -0.2) is 42.3 Å². The lowest BCUT2D eigenvalue weighted by Crippen LogP contribution is -2.38. The summed E-state index contributed by atoms with van der Waals surface area (Å²) in [5.41, 5.74) is -0.402. The van der Waals surface area contributed by atoms with Gasteiger partial charge in [0.15, 0.2) is 0 Å². The van der Waals surface area contributed by atoms with E-state index >= 15 is 0 Å². The second-order valence-electron chi connectivity index (χ2n) is 6.76. The average Bonchev–Trinajstić information content (AvgIpc) is 2.58. The lowest BCUT2D eigenvalue weighted by Gasteiger charge is -2.26. The fraction of sp³-hybridized carbons (Fsp3) is 0.938. The summed E-state index contributed by atoms with van der Waals surface area (Å²) in [6.07, 6.45) is 6.90. The zero-order valence-electron chi connectivity index (χ0n) is 13.7. The van der Waals surface area contributed by atoms with E-state index in [9.17, 15) is 4.79 Å². The lowest BCUT2D eigenvalue weighted by molar-refractivity contribution is 0.0256. The Bertz CT molecular complexity index is 287. The van der Waals surface area contributed by atoms with Gasteiger partial charge in [-0.1, -0.05) is 19.8 Å². The van der Waals surface area contributed by atoms with Crippen molar-refractivity contribution in [3.05, 3.63) is 0 Å². The summed E-state index contributed by atoms with van der Waals surface area (Å²) in [5, 5.41) is 3.63. The van der Waals surface area contributed by atoms with Gasteiger partial charge in [0.05, 0.1) is 0 Å². The van der Waals surface area contributed by atoms with E-state index in [4.69, 9.17) is 4.74 Å². The monoisotopic (exact) mass is 284 g/mol. The highest BCUT2D eigenvalue weighted by atomic mass is 16.6. The van der Waals surface area contributed by atoms with Crippen molar-refractivity contribution >= 4 is 6.09 Å². The Labute approximate surface area is 124 Å². The molecule has 20 heavy (non-hydrogen) atoms. The molecule has 0 spiro atoms. The van der Waals surface area contributed by atoms with Gasteiger partial charge in [-0.25, -0.2) is 4.79 Å². The van der Waals surface area contributed by atoms with Gasteiger partial charge in [-0.15, -0.1) is 0 Å². The summed E-state index contributed by atoms with van der Waals surface area (Å²) >= 11 is 0. The molecule has 4 nitrogen and oxygen atoms in total. The van der Waals surface area contributed by atoms with Gasteiger partial charge in [0.2, 0.25) is 0 Å². The van der Waals surface area contributed by atoms with Crippen molar-refractivity contribution < 1.29 is 9.53 Å². The zero-order chi connectivity index (χ0) is 15.0. The Morgan fingerprint density at radius 1 is 1.25 bits per heavy atom. The molecule has 1 N–H and O–H groups in total. The van der Waals surface area contributed by atoms with Crippen molar-refractivity contribution in [2.45, 2.75) is 77.9 Å². The second kappa shape index (κ2) is 8.50. The molecular weight excluding hydrogens is 252 g/mol. The van der Waals surface area contributed by atoms with Gasteiger partial charge in [-0.3, -0.25) is 0 Å². The lowest BCUT2D eigenvalue weighted by atomic mass is 10.1. The van der Waals surface area contributed by atoms with Gasteiger partial charge in [-0.05, 0) is 53.0 Å². The van der Waals surface area contributed by atoms with Gasteiger partial charge < -0.3 is 15.0 Å². The average molecular weight is 284 g/mol. The standard InChI is InChI=1S/C16H32N2O2/c1-5-6-7-11-17-14-9-8-12-18(13-10-14)15(19)20-16(2,3)4/h14,17H,5-13H2,1-4H3. The molecule has 0 aliphatic carbocycles. The van der Waals surface area contributed by atoms with Gasteiger partial charge in [0.25, 0.3) is 0 Å². The molecule has 0 saturated carbocycles. The van der Waals surface area contributed by atoms with E-state index < -0.39 is 5.60 Å². The third kappa shape index (κ3) is 7.13. The van der Waals surface area contributed by atoms with Crippen molar-refractivity contribution in [2.75, 3.05) is 19.6 Å². The predicted molar refractivity (Wildman–Crippen MR) is 83.0 cm³/mol. The summed E-state index contributed by atoms with van der Waals surface area (Å²) in [7, 11) is 0. The maximum atomic E-state index is 12.1. The minimum atomic E-state index is -0.402. The molecule has 1 atom stereocenters. The van der Waals surface area contributed by atoms with Crippen LogP contribution in [0.3, 0.4) is 0 Å². The molecule has 1 fully saturated rings. The minimum absolute atomic E-state index is 0.163. The normalized spacial score (nSPS) is 20.6. The molecular formula is C16H32N2O2. The molecule has 0 aromatic rings. The fourth-order valence-electron chi connectivity index (χ4n) is 2.49. The number of hydrogen-bond acceptors (Lipinski definition) is 3. The van der Waals surface area contributed by atoms with Crippen molar-refractivity contribution in [1.82, 2.24) is 10.2 Å². The molecule has 0 bridgehead atoms. The molecule has 1 amide bonds. The van der Waals surface area contributed by atoms with E-state index in [2.05, 4.69) is 12.2 Å². The first-order chi connectivity index (χ1) is 9.42. The molecule has 0 aromatic carbocycles. The Hall–Kier alpha value is -0.770. The van der Waals surface area contributed by atoms with E-state index in [0.29, 0.717) is 6.04 Å². The highest BCUT2D eigenvalue weighted by Crippen LogP contribution is 2.15. The van der Waals surface area contributed by atoms with Crippen molar-refractivity contribution in [1.29, 1.82) is 0 Å². The highest BCUT2D eigenvalue weighted by Gasteiger charge is 2.24. The Kier molecular flexibility index (Phi) is 7.35. The Morgan fingerprint density at radius 3 is 2.65 bits per heavy atom. The molecule has 0 radical (unpaired) electrons. The number of rotatable bonds is 5. The predicted octanol–water partition coefficient (Wildman–Crippen LogP) is 3.56. The molecule has 1 saturated heterocycles. The first-order valence-corrected chi connectivity index (χ1v) is 8.13. The molecule has 1 aliphatic rings. The van der Waals surface area contributed by atoms with Gasteiger partial charge in [0, 0.05) is 19.1 Å². The minimum Gasteiger partial charge on any atom is -0.444 e. The highest BCUT2D eigenvalue weighted by molar-refractivity contribution is 5.68. The van der Waals surface area contributed by atoms with Gasteiger partial charge in [-0.2, -0.15) is 0 Å². The van der Waals surface area contributed by atoms with Crippen LogP contribution in [0.5, 0.6) is 0 Å². The number of nitrogens with zero attached hydrogens (tertiary/aromatic N) is 1. The van der Waals surface area contributed by atoms with Crippen LogP contribution >= 0.6 is 0 Å². The maximum Gasteiger partial charge on any atom is 0.410 e. The molecule has 1 heterocycles. The van der Waals surface area contributed by atoms with Crippen molar-refractivity contribution in [3.63, 3.8) is 0 Å². The van der Waals surface area contributed by atoms with E-state index in [1.54, 1.807) is 0 Å². The number of nitrogens with one attached hydrogen (secondary N) is 1. The first kappa shape index (κ1) is 17.3. The van der Waals surface area contributed by atoms with Gasteiger partial charge in [0.1, 0.15) is 5.60 Å². The van der Waals surface area contributed by atoms with E-state index in [0.717, 1.165) is 38.9 Å². The number of likely N-dealkylation sites (tertiary alicyclic amines) is 1. The Morgan fingerprint density at radius 2 is 2.00 bits per heavy atom. The van der Waals surface area contributed by atoms with Crippen LogP contribution in [0.2, 0.25) is 0 Å². The number of amides is 1.